The Balaban J connectivity index is 1.26. The number of halogens is 3. The van der Waals surface area contributed by atoms with Gasteiger partial charge < -0.3 is 15.4 Å². The summed E-state index contributed by atoms with van der Waals surface area (Å²) in [6.07, 6.45) is 1.94. The van der Waals surface area contributed by atoms with E-state index >= 15 is 0 Å². The monoisotopic (exact) mass is 448 g/mol. The molecule has 8 heteroatoms. The zero-order valence-electron chi connectivity index (χ0n) is 17.0. The Bertz CT molecular complexity index is 1020. The molecule has 0 aliphatic heterocycles. The van der Waals surface area contributed by atoms with Gasteiger partial charge in [0, 0.05) is 24.2 Å². The number of carbonyl (C=O) groups excluding carboxylic acids is 2. The van der Waals surface area contributed by atoms with Gasteiger partial charge in [0.15, 0.2) is 6.61 Å². The van der Waals surface area contributed by atoms with Crippen LogP contribution in [0.25, 0.3) is 0 Å². The van der Waals surface area contributed by atoms with Gasteiger partial charge in [0.25, 0.3) is 5.91 Å². The highest BCUT2D eigenvalue weighted by Crippen LogP contribution is 2.58. The molecule has 3 aliphatic rings. The van der Waals surface area contributed by atoms with Crippen LogP contribution in [0, 0.1) is 29.9 Å². The number of amides is 2. The minimum atomic E-state index is -0.616. The lowest BCUT2D eigenvalue weighted by Crippen LogP contribution is -2.44. The molecule has 0 aromatic heterocycles. The third-order valence-electron chi connectivity index (χ3n) is 6.22. The number of hydrogen-bond donors (Lipinski definition) is 2. The first-order valence-corrected chi connectivity index (χ1v) is 10.5. The molecule has 3 fully saturated rings. The van der Waals surface area contributed by atoms with Gasteiger partial charge in [-0.1, -0.05) is 29.3 Å². The zero-order chi connectivity index (χ0) is 22.2. The quantitative estimate of drug-likeness (QED) is 0.675. The minimum absolute atomic E-state index is 0.0174. The highest BCUT2D eigenvalue weighted by molar-refractivity contribution is 6.30. The average Bonchev–Trinajstić information content (AvgIpc) is 3.24. The summed E-state index contributed by atoms with van der Waals surface area (Å²) >= 11 is 5.63. The first-order valence-electron chi connectivity index (χ1n) is 10.2. The van der Waals surface area contributed by atoms with Gasteiger partial charge in [-0.2, -0.15) is 0 Å². The lowest BCUT2D eigenvalue weighted by molar-refractivity contribution is -0.135. The van der Waals surface area contributed by atoms with Gasteiger partial charge in [-0.05, 0) is 50.3 Å². The van der Waals surface area contributed by atoms with Crippen LogP contribution in [0.2, 0.25) is 5.02 Å². The van der Waals surface area contributed by atoms with Gasteiger partial charge in [0.1, 0.15) is 17.4 Å². The van der Waals surface area contributed by atoms with Crippen molar-refractivity contribution >= 4 is 23.4 Å². The molecule has 0 spiro atoms. The van der Waals surface area contributed by atoms with Gasteiger partial charge in [0.05, 0.1) is 10.4 Å². The Kier molecular flexibility index (Phi) is 5.88. The summed E-state index contributed by atoms with van der Waals surface area (Å²) in [5.74, 6) is -0.938. The summed E-state index contributed by atoms with van der Waals surface area (Å²) in [5, 5.41) is 5.75. The second-order valence-corrected chi connectivity index (χ2v) is 8.88. The number of rotatable bonds is 7. The second-order valence-electron chi connectivity index (χ2n) is 8.47. The van der Waals surface area contributed by atoms with Crippen molar-refractivity contribution in [2.45, 2.75) is 38.8 Å². The molecule has 31 heavy (non-hydrogen) atoms. The Morgan fingerprint density at radius 3 is 2.65 bits per heavy atom. The third kappa shape index (κ3) is 4.51. The molecule has 2 N–H and O–H groups in total. The average molecular weight is 449 g/mol. The van der Waals surface area contributed by atoms with E-state index in [0.29, 0.717) is 24.8 Å². The molecule has 3 saturated carbocycles. The molecule has 3 aliphatic carbocycles. The van der Waals surface area contributed by atoms with Crippen LogP contribution in [0.5, 0.6) is 5.75 Å². The normalized spacial score (nSPS) is 23.7. The van der Waals surface area contributed by atoms with E-state index < -0.39 is 11.2 Å². The number of nitrogens with one attached hydrogen (secondary N) is 2. The van der Waals surface area contributed by atoms with Crippen LogP contribution in [-0.2, 0) is 16.1 Å². The highest BCUT2D eigenvalue weighted by Gasteiger charge is 2.60. The maximum absolute atomic E-state index is 13.9. The lowest BCUT2D eigenvalue weighted by atomic mass is 9.69. The molecule has 2 aromatic carbocycles. The van der Waals surface area contributed by atoms with Gasteiger partial charge in [-0.3, -0.25) is 9.59 Å². The summed E-state index contributed by atoms with van der Waals surface area (Å²) in [6.45, 7) is 1.76. The smallest absolute Gasteiger partial charge is 0.258 e. The standard InChI is InChI=1S/C23H23ClF2N2O3/c1-13-2-5-18(25)14(6-13)11-27-22(30)23-8-15(9-23)20(10-23)28-21(29)12-31-16-3-4-17(24)19(26)7-16/h2-7,15,20H,8-12H2,1H3,(H,27,30)(H,28,29)/t15?,20-,23?/m0/s1. The van der Waals surface area contributed by atoms with Crippen LogP contribution in [0.3, 0.4) is 0 Å². The number of hydrogen-bond acceptors (Lipinski definition) is 3. The molecule has 5 nitrogen and oxygen atoms in total. The van der Waals surface area contributed by atoms with Gasteiger partial charge >= 0.3 is 0 Å². The number of carbonyl (C=O) groups is 2. The van der Waals surface area contributed by atoms with Crippen LogP contribution < -0.4 is 15.4 Å². The summed E-state index contributed by atoms with van der Waals surface area (Å²) in [5.41, 5.74) is 0.877. The molecule has 0 saturated heterocycles. The van der Waals surface area contributed by atoms with Crippen molar-refractivity contribution in [2.24, 2.45) is 11.3 Å². The van der Waals surface area contributed by atoms with Crippen LogP contribution in [-0.4, -0.2) is 24.5 Å². The van der Waals surface area contributed by atoms with E-state index in [1.165, 1.54) is 18.2 Å². The summed E-state index contributed by atoms with van der Waals surface area (Å²) in [7, 11) is 0. The van der Waals surface area contributed by atoms with Crippen LogP contribution in [0.15, 0.2) is 36.4 Å². The fourth-order valence-corrected chi connectivity index (χ4v) is 4.71. The van der Waals surface area contributed by atoms with E-state index in [4.69, 9.17) is 16.3 Å². The maximum atomic E-state index is 13.9. The molecule has 1 atom stereocenters. The maximum Gasteiger partial charge on any atom is 0.258 e. The molecule has 0 heterocycles. The van der Waals surface area contributed by atoms with E-state index in [9.17, 15) is 18.4 Å². The molecule has 5 rings (SSSR count). The summed E-state index contributed by atoms with van der Waals surface area (Å²) in [4.78, 5) is 25.0. The third-order valence-corrected chi connectivity index (χ3v) is 6.52. The lowest BCUT2D eigenvalue weighted by Gasteiger charge is -2.36. The van der Waals surface area contributed by atoms with Crippen LogP contribution in [0.4, 0.5) is 8.78 Å². The fraction of sp³-hybridized carbons (Fsp3) is 0.391. The Morgan fingerprint density at radius 2 is 1.90 bits per heavy atom. The molecular weight excluding hydrogens is 426 g/mol. The number of benzene rings is 2. The molecule has 0 unspecified atom stereocenters. The fourth-order valence-electron chi connectivity index (χ4n) is 4.60. The molecule has 164 valence electrons. The van der Waals surface area contributed by atoms with Crippen molar-refractivity contribution in [3.8, 4) is 5.75 Å². The first-order chi connectivity index (χ1) is 14.8. The van der Waals surface area contributed by atoms with Crippen molar-refractivity contribution in [1.29, 1.82) is 0 Å². The molecular formula is C23H23ClF2N2O3. The van der Waals surface area contributed by atoms with E-state index in [1.807, 2.05) is 6.92 Å². The molecule has 2 amide bonds. The van der Waals surface area contributed by atoms with E-state index in [-0.39, 0.29) is 53.5 Å². The Morgan fingerprint density at radius 1 is 1.13 bits per heavy atom. The predicted octanol–water partition coefficient (Wildman–Crippen LogP) is 3.91. The number of aryl methyl sites for hydroxylation is 1. The highest BCUT2D eigenvalue weighted by atomic mass is 35.5. The van der Waals surface area contributed by atoms with Crippen molar-refractivity contribution in [2.75, 3.05) is 6.61 Å². The van der Waals surface area contributed by atoms with Crippen molar-refractivity contribution in [1.82, 2.24) is 10.6 Å². The number of ether oxygens (including phenoxy) is 1. The van der Waals surface area contributed by atoms with Crippen molar-refractivity contribution < 1.29 is 23.1 Å². The predicted molar refractivity (Wildman–Crippen MR) is 112 cm³/mol. The minimum Gasteiger partial charge on any atom is -0.484 e. The SMILES string of the molecule is Cc1ccc(F)c(CNC(=O)C23CC(C2)[C@@H](NC(=O)COc2ccc(Cl)c(F)c2)C3)c1. The number of fused-ring (bicyclic) bond motifs is 1. The Labute approximate surface area is 184 Å². The first kappa shape index (κ1) is 21.6. The van der Waals surface area contributed by atoms with Crippen molar-refractivity contribution in [3.63, 3.8) is 0 Å². The summed E-state index contributed by atoms with van der Waals surface area (Å²) in [6, 6.07) is 8.67. The van der Waals surface area contributed by atoms with E-state index in [0.717, 1.165) is 11.6 Å². The van der Waals surface area contributed by atoms with Crippen LogP contribution in [0.1, 0.15) is 30.4 Å². The zero-order valence-corrected chi connectivity index (χ0v) is 17.8. The van der Waals surface area contributed by atoms with Gasteiger partial charge in [-0.25, -0.2) is 8.78 Å². The Hall–Kier alpha value is -2.67. The van der Waals surface area contributed by atoms with E-state index in [1.54, 1.807) is 12.1 Å². The van der Waals surface area contributed by atoms with Gasteiger partial charge in [0.2, 0.25) is 5.91 Å². The molecule has 2 bridgehead atoms. The topological polar surface area (TPSA) is 67.4 Å². The van der Waals surface area contributed by atoms with E-state index in [2.05, 4.69) is 10.6 Å². The largest absolute Gasteiger partial charge is 0.484 e. The molecule has 2 aromatic rings. The second kappa shape index (κ2) is 8.46. The summed E-state index contributed by atoms with van der Waals surface area (Å²) < 4.78 is 32.7. The van der Waals surface area contributed by atoms with Gasteiger partial charge in [-0.15, -0.1) is 0 Å². The van der Waals surface area contributed by atoms with Crippen molar-refractivity contribution in [3.05, 3.63) is 64.2 Å². The van der Waals surface area contributed by atoms with Crippen LogP contribution >= 0.6 is 11.6 Å². The molecule has 0 radical (unpaired) electrons.